The summed E-state index contributed by atoms with van der Waals surface area (Å²) in [6, 6.07) is 9.57. The molecule has 6 heteroatoms. The fourth-order valence-electron chi connectivity index (χ4n) is 2.51. The largest absolute Gasteiger partial charge is 0.462 e. The number of nitrogens with zero attached hydrogens (tertiary/aromatic N) is 3. The van der Waals surface area contributed by atoms with Crippen LogP contribution < -0.4 is 0 Å². The summed E-state index contributed by atoms with van der Waals surface area (Å²) < 4.78 is 5.23. The van der Waals surface area contributed by atoms with Crippen LogP contribution in [0.25, 0.3) is 10.9 Å². The third-order valence-electron chi connectivity index (χ3n) is 3.59. The summed E-state index contributed by atoms with van der Waals surface area (Å²) in [5.74, 6) is 0.168. The molecule has 0 atom stereocenters. The van der Waals surface area contributed by atoms with E-state index in [0.29, 0.717) is 28.8 Å². The van der Waals surface area contributed by atoms with Crippen LogP contribution in [0.4, 0.5) is 0 Å². The Morgan fingerprint density at radius 2 is 1.92 bits per heavy atom. The molecule has 2 heterocycles. The van der Waals surface area contributed by atoms with E-state index in [1.54, 1.807) is 25.4 Å². The minimum Gasteiger partial charge on any atom is -0.462 e. The molecule has 122 valence electrons. The predicted octanol–water partition coefficient (Wildman–Crippen LogP) is 3.80. The molecular formula is C18H17N3O2S. The van der Waals surface area contributed by atoms with E-state index in [4.69, 9.17) is 4.74 Å². The van der Waals surface area contributed by atoms with Crippen molar-refractivity contribution in [1.82, 2.24) is 15.0 Å². The second kappa shape index (κ2) is 7.40. The average molecular weight is 339 g/mol. The summed E-state index contributed by atoms with van der Waals surface area (Å²) in [6.07, 6.45) is 3.39. The zero-order chi connectivity index (χ0) is 16.9. The molecule has 0 aliphatic rings. The summed E-state index contributed by atoms with van der Waals surface area (Å²) in [7, 11) is 0. The average Bonchev–Trinajstić information content (AvgIpc) is 2.61. The van der Waals surface area contributed by atoms with E-state index in [0.717, 1.165) is 16.5 Å². The second-order valence-corrected chi connectivity index (χ2v) is 6.06. The Hall–Kier alpha value is -2.47. The number of hydrogen-bond acceptors (Lipinski definition) is 6. The molecule has 0 radical (unpaired) electrons. The number of fused-ring (bicyclic) bond motifs is 1. The summed E-state index contributed by atoms with van der Waals surface area (Å²) in [4.78, 5) is 25.5. The van der Waals surface area contributed by atoms with Crippen molar-refractivity contribution in [3.05, 3.63) is 59.5 Å². The first-order valence-electron chi connectivity index (χ1n) is 7.66. The van der Waals surface area contributed by atoms with Crippen molar-refractivity contribution in [2.75, 3.05) is 6.61 Å². The molecule has 24 heavy (non-hydrogen) atoms. The van der Waals surface area contributed by atoms with Crippen molar-refractivity contribution >= 4 is 28.6 Å². The van der Waals surface area contributed by atoms with Gasteiger partial charge in [-0.3, -0.25) is 4.98 Å². The van der Waals surface area contributed by atoms with Crippen LogP contribution >= 0.6 is 11.8 Å². The Bertz CT molecular complexity index is 869. The van der Waals surface area contributed by atoms with Gasteiger partial charge in [-0.2, -0.15) is 0 Å². The van der Waals surface area contributed by atoms with Crippen molar-refractivity contribution in [1.29, 1.82) is 0 Å². The molecule has 0 aliphatic heterocycles. The molecule has 3 aromatic rings. The van der Waals surface area contributed by atoms with Crippen molar-refractivity contribution in [2.45, 2.75) is 24.8 Å². The molecule has 0 aliphatic carbocycles. The first-order valence-corrected chi connectivity index (χ1v) is 8.64. The molecule has 0 N–H and O–H groups in total. The Morgan fingerprint density at radius 3 is 2.67 bits per heavy atom. The first kappa shape index (κ1) is 16.4. The van der Waals surface area contributed by atoms with Crippen LogP contribution in [-0.2, 0) is 10.5 Å². The fourth-order valence-corrected chi connectivity index (χ4v) is 3.26. The Balaban J connectivity index is 2.03. The topological polar surface area (TPSA) is 65.0 Å². The minimum absolute atomic E-state index is 0.333. The van der Waals surface area contributed by atoms with Gasteiger partial charge in [0.05, 0.1) is 23.4 Å². The summed E-state index contributed by atoms with van der Waals surface area (Å²) in [6.45, 7) is 4.07. The molecule has 0 saturated heterocycles. The van der Waals surface area contributed by atoms with Crippen molar-refractivity contribution < 1.29 is 9.53 Å². The van der Waals surface area contributed by atoms with Crippen molar-refractivity contribution in [2.24, 2.45) is 0 Å². The monoisotopic (exact) mass is 339 g/mol. The van der Waals surface area contributed by atoms with Gasteiger partial charge in [0, 0.05) is 23.5 Å². The minimum atomic E-state index is -0.335. The Labute approximate surface area is 144 Å². The number of rotatable bonds is 5. The predicted molar refractivity (Wildman–Crippen MR) is 94.0 cm³/mol. The third-order valence-corrected chi connectivity index (χ3v) is 4.47. The van der Waals surface area contributed by atoms with Crippen molar-refractivity contribution in [3.63, 3.8) is 0 Å². The maximum absolute atomic E-state index is 12.4. The summed E-state index contributed by atoms with van der Waals surface area (Å²) in [5.41, 5.74) is 3.00. The van der Waals surface area contributed by atoms with Crippen LogP contribution in [0.1, 0.15) is 28.5 Å². The van der Waals surface area contributed by atoms with Gasteiger partial charge in [-0.05, 0) is 31.5 Å². The molecule has 2 aromatic heterocycles. The quantitative estimate of drug-likeness (QED) is 0.400. The van der Waals surface area contributed by atoms with Crippen LogP contribution in [0.5, 0.6) is 0 Å². The van der Waals surface area contributed by atoms with Crippen molar-refractivity contribution in [3.8, 4) is 0 Å². The number of pyridine rings is 1. The zero-order valence-corrected chi connectivity index (χ0v) is 14.3. The molecule has 0 bridgehead atoms. The van der Waals surface area contributed by atoms with Crippen LogP contribution in [-0.4, -0.2) is 27.5 Å². The fraction of sp³-hybridized carbons (Fsp3) is 0.222. The van der Waals surface area contributed by atoms with Crippen LogP contribution in [0.3, 0.4) is 0 Å². The number of ether oxygens (including phenoxy) is 1. The second-order valence-electron chi connectivity index (χ2n) is 5.12. The molecule has 0 fully saturated rings. The summed E-state index contributed by atoms with van der Waals surface area (Å²) >= 11 is 1.45. The van der Waals surface area contributed by atoms with Gasteiger partial charge in [0.1, 0.15) is 0 Å². The molecule has 0 saturated carbocycles. The van der Waals surface area contributed by atoms with Gasteiger partial charge in [-0.15, -0.1) is 0 Å². The van der Waals surface area contributed by atoms with E-state index >= 15 is 0 Å². The highest BCUT2D eigenvalue weighted by Gasteiger charge is 2.20. The lowest BCUT2D eigenvalue weighted by Gasteiger charge is -2.13. The molecule has 3 rings (SSSR count). The number of carbonyl (C=O) groups excluding carboxylic acids is 1. The van der Waals surface area contributed by atoms with E-state index in [1.165, 1.54) is 11.8 Å². The molecule has 0 spiro atoms. The van der Waals surface area contributed by atoms with Gasteiger partial charge in [0.2, 0.25) is 0 Å². The SMILES string of the molecule is CCOC(=O)c1c(CSc2ncccn2)nc2ccccc2c1C. The lowest BCUT2D eigenvalue weighted by molar-refractivity contribution is 0.0524. The maximum Gasteiger partial charge on any atom is 0.340 e. The highest BCUT2D eigenvalue weighted by atomic mass is 32.2. The number of para-hydroxylation sites is 1. The van der Waals surface area contributed by atoms with Gasteiger partial charge in [0.15, 0.2) is 5.16 Å². The van der Waals surface area contributed by atoms with E-state index in [9.17, 15) is 4.79 Å². The standard InChI is InChI=1S/C18H17N3O2S/c1-3-23-17(22)16-12(2)13-7-4-5-8-14(13)21-15(16)11-24-18-19-9-6-10-20-18/h4-10H,3,11H2,1-2H3. The highest BCUT2D eigenvalue weighted by molar-refractivity contribution is 7.98. The number of carbonyl (C=O) groups is 1. The lowest BCUT2D eigenvalue weighted by atomic mass is 10.0. The molecular weight excluding hydrogens is 322 g/mol. The Kier molecular flexibility index (Phi) is 5.05. The molecule has 5 nitrogen and oxygen atoms in total. The van der Waals surface area contributed by atoms with E-state index in [1.807, 2.05) is 31.2 Å². The number of benzene rings is 1. The van der Waals surface area contributed by atoms with E-state index in [2.05, 4.69) is 15.0 Å². The van der Waals surface area contributed by atoms with Gasteiger partial charge in [-0.1, -0.05) is 30.0 Å². The van der Waals surface area contributed by atoms with E-state index in [-0.39, 0.29) is 5.97 Å². The molecule has 0 amide bonds. The molecule has 0 unspecified atom stereocenters. The maximum atomic E-state index is 12.4. The van der Waals surface area contributed by atoms with Gasteiger partial charge >= 0.3 is 5.97 Å². The van der Waals surface area contributed by atoms with Gasteiger partial charge in [-0.25, -0.2) is 14.8 Å². The number of esters is 1. The number of hydrogen-bond donors (Lipinski definition) is 0. The third kappa shape index (κ3) is 3.38. The van der Waals surface area contributed by atoms with Crippen LogP contribution in [0, 0.1) is 6.92 Å². The number of thioether (sulfide) groups is 1. The summed E-state index contributed by atoms with van der Waals surface area (Å²) in [5, 5.41) is 1.62. The van der Waals surface area contributed by atoms with E-state index < -0.39 is 0 Å². The highest BCUT2D eigenvalue weighted by Crippen LogP contribution is 2.27. The number of aromatic nitrogens is 3. The zero-order valence-electron chi connectivity index (χ0n) is 13.5. The first-order chi connectivity index (χ1) is 11.7. The van der Waals surface area contributed by atoms with Gasteiger partial charge in [0.25, 0.3) is 0 Å². The normalized spacial score (nSPS) is 10.8. The Morgan fingerprint density at radius 1 is 1.17 bits per heavy atom. The van der Waals surface area contributed by atoms with Gasteiger partial charge < -0.3 is 4.74 Å². The smallest absolute Gasteiger partial charge is 0.340 e. The lowest BCUT2D eigenvalue weighted by Crippen LogP contribution is -2.12. The number of aryl methyl sites for hydroxylation is 1. The van der Waals surface area contributed by atoms with Crippen LogP contribution in [0.15, 0.2) is 47.9 Å². The molecule has 1 aromatic carbocycles. The van der Waals surface area contributed by atoms with Crippen LogP contribution in [0.2, 0.25) is 0 Å².